The van der Waals surface area contributed by atoms with E-state index in [0.29, 0.717) is 47.7 Å². The number of Topliss-reactive ketones (excluding diaryl/α,β-unsaturated/α-hetero) is 1. The van der Waals surface area contributed by atoms with Crippen molar-refractivity contribution >= 4 is 45.9 Å². The molecule has 0 radical (unpaired) electrons. The summed E-state index contributed by atoms with van der Waals surface area (Å²) in [6.45, 7) is 3.91. The van der Waals surface area contributed by atoms with Gasteiger partial charge in [0.25, 0.3) is 0 Å². The molecule has 1 saturated heterocycles. The van der Waals surface area contributed by atoms with Crippen LogP contribution in [0, 0.1) is 0 Å². The Balaban J connectivity index is 1.45. The van der Waals surface area contributed by atoms with Gasteiger partial charge in [-0.2, -0.15) is 0 Å². The van der Waals surface area contributed by atoms with Crippen LogP contribution in [-0.4, -0.2) is 58.4 Å². The number of aromatic carboxylic acids is 1. The molecule has 0 bridgehead atoms. The lowest BCUT2D eigenvalue weighted by Gasteiger charge is -2.36. The first-order valence-corrected chi connectivity index (χ1v) is 10.4. The van der Waals surface area contributed by atoms with Crippen molar-refractivity contribution in [2.45, 2.75) is 13.5 Å². The third kappa shape index (κ3) is 4.27. The molecule has 0 unspecified atom stereocenters. The molecular weight excluding hydrogens is 418 g/mol. The standard InChI is InChI=1S/C23H22ClN3O4/c1-15(28)16-2-5-19(6-3-16)25-8-10-26(11-9-25)22(29)14-27-20-7-4-18(24)12-17(20)13-21(27)23(30)31/h2-7,12-13H,8-11,14H2,1H3,(H,30,31). The highest BCUT2D eigenvalue weighted by Gasteiger charge is 2.24. The number of ketones is 1. The van der Waals surface area contributed by atoms with Crippen molar-refractivity contribution in [1.82, 2.24) is 9.47 Å². The predicted molar refractivity (Wildman–Crippen MR) is 119 cm³/mol. The number of carboxylic acids is 1. The second kappa shape index (κ2) is 8.43. The molecule has 1 aromatic heterocycles. The number of carbonyl (C=O) groups excluding carboxylic acids is 2. The maximum absolute atomic E-state index is 12.9. The molecule has 4 rings (SSSR count). The summed E-state index contributed by atoms with van der Waals surface area (Å²) >= 11 is 6.02. The van der Waals surface area contributed by atoms with E-state index >= 15 is 0 Å². The van der Waals surface area contributed by atoms with Gasteiger partial charge in [-0.3, -0.25) is 9.59 Å². The molecule has 1 amide bonds. The van der Waals surface area contributed by atoms with Gasteiger partial charge in [0.2, 0.25) is 5.91 Å². The van der Waals surface area contributed by atoms with E-state index in [9.17, 15) is 19.5 Å². The monoisotopic (exact) mass is 439 g/mol. The second-order valence-corrected chi connectivity index (χ2v) is 8.03. The molecule has 1 fully saturated rings. The highest BCUT2D eigenvalue weighted by atomic mass is 35.5. The lowest BCUT2D eigenvalue weighted by atomic mass is 10.1. The van der Waals surface area contributed by atoms with Gasteiger partial charge in [0.05, 0.1) is 0 Å². The van der Waals surface area contributed by atoms with Gasteiger partial charge in [0.15, 0.2) is 5.78 Å². The molecule has 160 valence electrons. The van der Waals surface area contributed by atoms with Crippen LogP contribution in [0.15, 0.2) is 48.5 Å². The second-order valence-electron chi connectivity index (χ2n) is 7.59. The summed E-state index contributed by atoms with van der Waals surface area (Å²) < 4.78 is 1.53. The SMILES string of the molecule is CC(=O)c1ccc(N2CCN(C(=O)Cn3c(C(=O)O)cc4cc(Cl)ccc43)CC2)cc1. The van der Waals surface area contributed by atoms with Crippen LogP contribution in [-0.2, 0) is 11.3 Å². The number of carbonyl (C=O) groups is 3. The first-order chi connectivity index (χ1) is 14.8. The topological polar surface area (TPSA) is 82.9 Å². The maximum atomic E-state index is 12.9. The first-order valence-electron chi connectivity index (χ1n) is 9.99. The number of rotatable bonds is 5. The van der Waals surface area contributed by atoms with E-state index in [2.05, 4.69) is 4.90 Å². The molecule has 2 aromatic carbocycles. The molecule has 2 heterocycles. The van der Waals surface area contributed by atoms with Crippen molar-refractivity contribution in [3.63, 3.8) is 0 Å². The smallest absolute Gasteiger partial charge is 0.352 e. The molecule has 0 atom stereocenters. The number of anilines is 1. The van der Waals surface area contributed by atoms with E-state index in [1.165, 1.54) is 11.5 Å². The third-order valence-electron chi connectivity index (χ3n) is 5.65. The fourth-order valence-electron chi connectivity index (χ4n) is 3.95. The third-order valence-corrected chi connectivity index (χ3v) is 5.88. The Labute approximate surface area is 184 Å². The van der Waals surface area contributed by atoms with Crippen molar-refractivity contribution in [1.29, 1.82) is 0 Å². The molecule has 0 saturated carbocycles. The molecule has 31 heavy (non-hydrogen) atoms. The van der Waals surface area contributed by atoms with Gasteiger partial charge in [-0.05, 0) is 55.5 Å². The Morgan fingerprint density at radius 1 is 0.968 bits per heavy atom. The summed E-state index contributed by atoms with van der Waals surface area (Å²) in [5, 5.41) is 10.8. The quantitative estimate of drug-likeness (QED) is 0.615. The van der Waals surface area contributed by atoms with E-state index in [1.54, 1.807) is 29.2 Å². The van der Waals surface area contributed by atoms with E-state index < -0.39 is 5.97 Å². The summed E-state index contributed by atoms with van der Waals surface area (Å²) in [5.41, 5.74) is 2.42. The van der Waals surface area contributed by atoms with Crippen LogP contribution in [0.1, 0.15) is 27.8 Å². The zero-order valence-corrected chi connectivity index (χ0v) is 17.8. The number of hydrogen-bond acceptors (Lipinski definition) is 4. The lowest BCUT2D eigenvalue weighted by Crippen LogP contribution is -2.49. The van der Waals surface area contributed by atoms with Crippen LogP contribution in [0.2, 0.25) is 5.02 Å². The zero-order chi connectivity index (χ0) is 22.1. The van der Waals surface area contributed by atoms with Gasteiger partial charge >= 0.3 is 5.97 Å². The van der Waals surface area contributed by atoms with Gasteiger partial charge in [-0.15, -0.1) is 0 Å². The van der Waals surface area contributed by atoms with Gasteiger partial charge in [0.1, 0.15) is 12.2 Å². The van der Waals surface area contributed by atoms with Crippen molar-refractivity contribution in [3.05, 3.63) is 64.8 Å². The minimum Gasteiger partial charge on any atom is -0.477 e. The van der Waals surface area contributed by atoms with Gasteiger partial charge in [0, 0.05) is 53.4 Å². The fraction of sp³-hybridized carbons (Fsp3) is 0.261. The number of fused-ring (bicyclic) bond motifs is 1. The number of piperazine rings is 1. The van der Waals surface area contributed by atoms with Crippen LogP contribution in [0.4, 0.5) is 5.69 Å². The average molecular weight is 440 g/mol. The average Bonchev–Trinajstić information content (AvgIpc) is 3.11. The molecular formula is C23H22ClN3O4. The maximum Gasteiger partial charge on any atom is 0.352 e. The molecule has 7 nitrogen and oxygen atoms in total. The molecule has 8 heteroatoms. The largest absolute Gasteiger partial charge is 0.477 e. The van der Waals surface area contributed by atoms with Crippen LogP contribution in [0.5, 0.6) is 0 Å². The van der Waals surface area contributed by atoms with Gasteiger partial charge in [-0.25, -0.2) is 4.79 Å². The minimum atomic E-state index is -1.08. The first kappa shape index (κ1) is 20.9. The Morgan fingerprint density at radius 3 is 2.26 bits per heavy atom. The number of aromatic nitrogens is 1. The highest BCUT2D eigenvalue weighted by Crippen LogP contribution is 2.24. The van der Waals surface area contributed by atoms with Gasteiger partial charge < -0.3 is 19.5 Å². The summed E-state index contributed by atoms with van der Waals surface area (Å²) in [6, 6.07) is 14.1. The minimum absolute atomic E-state index is 0.0301. The highest BCUT2D eigenvalue weighted by molar-refractivity contribution is 6.31. The van der Waals surface area contributed by atoms with Gasteiger partial charge in [-0.1, -0.05) is 11.6 Å². The number of nitrogens with zero attached hydrogens (tertiary/aromatic N) is 3. The Kier molecular flexibility index (Phi) is 5.69. The van der Waals surface area contributed by atoms with Crippen LogP contribution in [0.3, 0.4) is 0 Å². The Morgan fingerprint density at radius 2 is 1.65 bits per heavy atom. The van der Waals surface area contributed by atoms with Crippen LogP contribution >= 0.6 is 11.6 Å². The van der Waals surface area contributed by atoms with Crippen molar-refractivity contribution in [2.75, 3.05) is 31.1 Å². The van der Waals surface area contributed by atoms with E-state index in [4.69, 9.17) is 11.6 Å². The van der Waals surface area contributed by atoms with E-state index in [1.807, 2.05) is 24.3 Å². The summed E-state index contributed by atoms with van der Waals surface area (Å²) in [7, 11) is 0. The molecule has 1 aliphatic rings. The van der Waals surface area contributed by atoms with Crippen molar-refractivity contribution in [3.8, 4) is 0 Å². The van der Waals surface area contributed by atoms with Crippen molar-refractivity contribution in [2.24, 2.45) is 0 Å². The molecule has 0 spiro atoms. The lowest BCUT2D eigenvalue weighted by molar-refractivity contribution is -0.132. The molecule has 1 aliphatic heterocycles. The molecule has 1 N–H and O–H groups in total. The van der Waals surface area contributed by atoms with Crippen LogP contribution < -0.4 is 4.90 Å². The summed E-state index contributed by atoms with van der Waals surface area (Å²) in [6.07, 6.45) is 0. The number of carboxylic acid groups (broad SMARTS) is 1. The van der Waals surface area contributed by atoms with Crippen molar-refractivity contribution < 1.29 is 19.5 Å². The van der Waals surface area contributed by atoms with E-state index in [-0.39, 0.29) is 23.9 Å². The normalized spacial score (nSPS) is 14.1. The number of amides is 1. The molecule has 3 aromatic rings. The number of benzene rings is 2. The fourth-order valence-corrected chi connectivity index (χ4v) is 4.13. The summed E-state index contributed by atoms with van der Waals surface area (Å²) in [4.78, 5) is 40.0. The zero-order valence-electron chi connectivity index (χ0n) is 17.0. The Bertz CT molecular complexity index is 1160. The number of halogens is 1. The summed E-state index contributed by atoms with van der Waals surface area (Å²) in [5.74, 6) is -1.18. The predicted octanol–water partition coefficient (Wildman–Crippen LogP) is 3.54. The van der Waals surface area contributed by atoms with E-state index in [0.717, 1.165) is 5.69 Å². The van der Waals surface area contributed by atoms with Crippen LogP contribution in [0.25, 0.3) is 10.9 Å². The molecule has 0 aliphatic carbocycles. The Hall–Kier alpha value is -3.32. The number of hydrogen-bond donors (Lipinski definition) is 1.